The van der Waals surface area contributed by atoms with Crippen LogP contribution in [-0.4, -0.2) is 52.2 Å². The zero-order valence-electron chi connectivity index (χ0n) is 17.6. The summed E-state index contributed by atoms with van der Waals surface area (Å²) in [5.74, 6) is 0.900. The zero-order chi connectivity index (χ0) is 21.8. The molecule has 31 heavy (non-hydrogen) atoms. The van der Waals surface area contributed by atoms with Gasteiger partial charge in [0.25, 0.3) is 0 Å². The Balaban J connectivity index is 1.45. The summed E-state index contributed by atoms with van der Waals surface area (Å²) in [7, 11) is 0. The first-order chi connectivity index (χ1) is 15.0. The molecule has 4 rings (SSSR count). The molecule has 1 N–H and O–H groups in total. The minimum Gasteiger partial charge on any atom is -0.325 e. The molecule has 8 heteroatoms. The first-order valence-electron chi connectivity index (χ1n) is 10.3. The number of aromatic nitrogens is 1. The van der Waals surface area contributed by atoms with Gasteiger partial charge in [0, 0.05) is 22.4 Å². The molecular weight excluding hydrogens is 449 g/mol. The smallest absolute Gasteiger partial charge is 0.241 e. The molecule has 1 amide bonds. The molecule has 1 aliphatic heterocycles. The number of rotatable bonds is 8. The molecule has 1 fully saturated rings. The molecule has 2 heterocycles. The first kappa shape index (κ1) is 22.6. The van der Waals surface area contributed by atoms with Crippen LogP contribution in [0.1, 0.15) is 17.8 Å². The Hall–Kier alpha value is -1.61. The molecule has 0 spiro atoms. The van der Waals surface area contributed by atoms with Crippen molar-refractivity contribution in [3.63, 3.8) is 0 Å². The van der Waals surface area contributed by atoms with Crippen molar-refractivity contribution in [2.75, 3.05) is 30.4 Å². The number of nitrogens with zero attached hydrogens (tertiary/aromatic N) is 2. The normalized spacial score (nSPS) is 19.2. The average Bonchev–Trinajstić information content (AvgIpc) is 3.32. The van der Waals surface area contributed by atoms with Crippen LogP contribution in [0.2, 0.25) is 0 Å². The molecule has 0 aliphatic carbocycles. The number of thioether (sulfide) groups is 2. The van der Waals surface area contributed by atoms with Gasteiger partial charge in [0.2, 0.25) is 5.91 Å². The first-order valence-corrected chi connectivity index (χ1v) is 13.4. The van der Waals surface area contributed by atoms with Crippen molar-refractivity contribution in [3.8, 4) is 0 Å². The second-order valence-corrected chi connectivity index (χ2v) is 11.3. The highest BCUT2D eigenvalue weighted by atomic mass is 32.2. The van der Waals surface area contributed by atoms with Gasteiger partial charge in [-0.1, -0.05) is 0 Å². The molecule has 164 valence electrons. The molecule has 2 atom stereocenters. The predicted octanol–water partition coefficient (Wildman–Crippen LogP) is 5.67. The van der Waals surface area contributed by atoms with Gasteiger partial charge in [-0.05, 0) is 80.8 Å². The van der Waals surface area contributed by atoms with E-state index in [4.69, 9.17) is 0 Å². The van der Waals surface area contributed by atoms with Crippen LogP contribution in [0.3, 0.4) is 0 Å². The van der Waals surface area contributed by atoms with Gasteiger partial charge in [0.1, 0.15) is 5.82 Å². The van der Waals surface area contributed by atoms with E-state index in [9.17, 15) is 9.18 Å². The van der Waals surface area contributed by atoms with Crippen LogP contribution in [0, 0.1) is 12.7 Å². The Kier molecular flexibility index (Phi) is 7.53. The third-order valence-corrected chi connectivity index (χ3v) is 8.21. The number of carbonyl (C=O) groups is 1. The van der Waals surface area contributed by atoms with Crippen LogP contribution in [0.4, 0.5) is 10.1 Å². The Bertz CT molecular complexity index is 1040. The standard InChI is InChI=1S/C23H26FN3OS3/c1-15-25-20-12-17(6-9-22(20)30-15)26-23(28)21-13-19(14-27(21)10-3-11-29-2)31-18-7-4-16(24)5-8-18/h4-9,12,19,21H,3,10-11,13-14H2,1-2H3,(H,26,28)/t19-,21+/m1/s1. The fourth-order valence-corrected chi connectivity index (χ4v) is 6.38. The summed E-state index contributed by atoms with van der Waals surface area (Å²) in [6.45, 7) is 3.76. The van der Waals surface area contributed by atoms with E-state index in [1.165, 1.54) is 12.1 Å². The number of anilines is 1. The Morgan fingerprint density at radius 2 is 2.10 bits per heavy atom. The molecule has 3 aromatic rings. The van der Waals surface area contributed by atoms with E-state index >= 15 is 0 Å². The van der Waals surface area contributed by atoms with Gasteiger partial charge in [0.05, 0.1) is 21.3 Å². The summed E-state index contributed by atoms with van der Waals surface area (Å²) in [6.07, 6.45) is 3.95. The lowest BCUT2D eigenvalue weighted by atomic mass is 10.2. The molecule has 2 aromatic carbocycles. The number of nitrogens with one attached hydrogen (secondary N) is 1. The molecule has 1 aliphatic rings. The molecule has 1 aromatic heterocycles. The molecule has 0 saturated carbocycles. The van der Waals surface area contributed by atoms with E-state index in [-0.39, 0.29) is 17.8 Å². The number of hydrogen-bond donors (Lipinski definition) is 1. The zero-order valence-corrected chi connectivity index (χ0v) is 20.1. The van der Waals surface area contributed by atoms with Crippen molar-refractivity contribution in [2.45, 2.75) is 36.0 Å². The average molecular weight is 476 g/mol. The Morgan fingerprint density at radius 1 is 1.29 bits per heavy atom. The number of benzene rings is 2. The number of aryl methyl sites for hydroxylation is 1. The summed E-state index contributed by atoms with van der Waals surface area (Å²) in [5, 5.41) is 4.45. The van der Waals surface area contributed by atoms with Crippen LogP contribution in [0.15, 0.2) is 47.4 Å². The third kappa shape index (κ3) is 5.80. The van der Waals surface area contributed by atoms with Crippen molar-refractivity contribution in [1.29, 1.82) is 0 Å². The minimum atomic E-state index is -0.223. The summed E-state index contributed by atoms with van der Waals surface area (Å²) in [4.78, 5) is 21.1. The fourth-order valence-electron chi connectivity index (χ4n) is 3.93. The topological polar surface area (TPSA) is 45.2 Å². The summed E-state index contributed by atoms with van der Waals surface area (Å²) in [5.41, 5.74) is 1.72. The fraction of sp³-hybridized carbons (Fsp3) is 0.391. The number of likely N-dealkylation sites (tertiary alicyclic amines) is 1. The van der Waals surface area contributed by atoms with Crippen LogP contribution in [0.25, 0.3) is 10.2 Å². The van der Waals surface area contributed by atoms with E-state index in [0.29, 0.717) is 5.25 Å². The lowest BCUT2D eigenvalue weighted by Gasteiger charge is -2.23. The molecule has 0 bridgehead atoms. The van der Waals surface area contributed by atoms with Gasteiger partial charge in [-0.2, -0.15) is 11.8 Å². The van der Waals surface area contributed by atoms with E-state index in [1.807, 2.05) is 49.0 Å². The van der Waals surface area contributed by atoms with Crippen molar-refractivity contribution in [3.05, 3.63) is 53.3 Å². The lowest BCUT2D eigenvalue weighted by Crippen LogP contribution is -2.40. The molecule has 1 saturated heterocycles. The minimum absolute atomic E-state index is 0.0395. The van der Waals surface area contributed by atoms with Gasteiger partial charge >= 0.3 is 0 Å². The maximum Gasteiger partial charge on any atom is 0.241 e. The third-order valence-electron chi connectivity index (χ3n) is 5.34. The monoisotopic (exact) mass is 475 g/mol. The number of carbonyl (C=O) groups excluding carboxylic acids is 1. The van der Waals surface area contributed by atoms with Gasteiger partial charge in [-0.3, -0.25) is 9.69 Å². The van der Waals surface area contributed by atoms with Crippen molar-refractivity contribution >= 4 is 56.7 Å². The number of fused-ring (bicyclic) bond motifs is 1. The molecule has 4 nitrogen and oxygen atoms in total. The second kappa shape index (κ2) is 10.3. The highest BCUT2D eigenvalue weighted by molar-refractivity contribution is 8.00. The van der Waals surface area contributed by atoms with Gasteiger partial charge < -0.3 is 5.32 Å². The van der Waals surface area contributed by atoms with E-state index < -0.39 is 0 Å². The highest BCUT2D eigenvalue weighted by Crippen LogP contribution is 2.34. The second-order valence-electron chi connectivity index (χ2n) is 7.69. The summed E-state index contributed by atoms with van der Waals surface area (Å²) in [6, 6.07) is 12.4. The van der Waals surface area contributed by atoms with Crippen molar-refractivity contribution in [2.24, 2.45) is 0 Å². The summed E-state index contributed by atoms with van der Waals surface area (Å²) < 4.78 is 14.4. The SMILES string of the molecule is CSCCCN1C[C@H](Sc2ccc(F)cc2)C[C@H]1C(=O)Nc1ccc2sc(C)nc2c1. The van der Waals surface area contributed by atoms with Gasteiger partial charge in [-0.25, -0.2) is 9.37 Å². The number of halogens is 1. The van der Waals surface area contributed by atoms with E-state index in [1.54, 1.807) is 23.1 Å². The maximum absolute atomic E-state index is 13.2. The van der Waals surface area contributed by atoms with Crippen molar-refractivity contribution in [1.82, 2.24) is 9.88 Å². The quantitative estimate of drug-likeness (QED) is 0.425. The molecule has 0 radical (unpaired) electrons. The number of thiazole rings is 1. The Morgan fingerprint density at radius 3 is 2.87 bits per heavy atom. The highest BCUT2D eigenvalue weighted by Gasteiger charge is 2.37. The maximum atomic E-state index is 13.2. The van der Waals surface area contributed by atoms with Gasteiger partial charge in [-0.15, -0.1) is 23.1 Å². The van der Waals surface area contributed by atoms with E-state index in [2.05, 4.69) is 21.5 Å². The van der Waals surface area contributed by atoms with Crippen LogP contribution >= 0.6 is 34.9 Å². The van der Waals surface area contributed by atoms with Crippen LogP contribution in [0.5, 0.6) is 0 Å². The number of hydrogen-bond acceptors (Lipinski definition) is 6. The van der Waals surface area contributed by atoms with Crippen LogP contribution in [-0.2, 0) is 4.79 Å². The van der Waals surface area contributed by atoms with Crippen LogP contribution < -0.4 is 5.32 Å². The largest absolute Gasteiger partial charge is 0.325 e. The Labute approximate surface area is 195 Å². The summed E-state index contributed by atoms with van der Waals surface area (Å²) >= 11 is 5.22. The molecule has 0 unspecified atom stereocenters. The number of amides is 1. The van der Waals surface area contributed by atoms with E-state index in [0.717, 1.165) is 57.5 Å². The predicted molar refractivity (Wildman–Crippen MR) is 132 cm³/mol. The van der Waals surface area contributed by atoms with Crippen molar-refractivity contribution < 1.29 is 9.18 Å². The molecular formula is C23H26FN3OS3. The lowest BCUT2D eigenvalue weighted by molar-refractivity contribution is -0.120. The van der Waals surface area contributed by atoms with Gasteiger partial charge in [0.15, 0.2) is 0 Å².